The molecule has 8 heteroatoms. The highest BCUT2D eigenvalue weighted by molar-refractivity contribution is 8.18. The molecule has 0 bridgehead atoms. The Morgan fingerprint density at radius 3 is 2.55 bits per heavy atom. The maximum Gasteiger partial charge on any atom is 0.290 e. The zero-order valence-electron chi connectivity index (χ0n) is 15.5. The Labute approximate surface area is 170 Å². The number of carbonyl (C=O) groups excluding carboxylic acids is 2. The number of thioether (sulfide) groups is 1. The van der Waals surface area contributed by atoms with E-state index >= 15 is 0 Å². The van der Waals surface area contributed by atoms with Crippen LogP contribution in [0.15, 0.2) is 58.2 Å². The molecule has 29 heavy (non-hydrogen) atoms. The molecule has 1 saturated heterocycles. The fraction of sp³-hybridized carbons (Fsp3) is 0.143. The van der Waals surface area contributed by atoms with Crippen molar-refractivity contribution in [3.05, 3.63) is 75.2 Å². The van der Waals surface area contributed by atoms with Crippen LogP contribution in [0.4, 0.5) is 4.79 Å². The van der Waals surface area contributed by atoms with Crippen molar-refractivity contribution in [2.45, 2.75) is 20.1 Å². The zero-order chi connectivity index (χ0) is 20.4. The summed E-state index contributed by atoms with van der Waals surface area (Å²) >= 11 is 0.876. The van der Waals surface area contributed by atoms with Gasteiger partial charge < -0.3 is 4.74 Å². The lowest BCUT2D eigenvalue weighted by atomic mass is 10.2. The van der Waals surface area contributed by atoms with E-state index in [0.717, 1.165) is 17.3 Å². The standard InChI is InChI=1S/C21H17N3O4S/c1-2-24-18(22-16-6-4-3-5-15(16)20(24)26)12-28-14-9-7-13(8-10-14)11-17-19(25)23-21(27)29-17/h3-11H,2,12H2,1H3,(H,23,25,27). The molecule has 4 rings (SSSR count). The number of fused-ring (bicyclic) bond motifs is 1. The fourth-order valence-electron chi connectivity index (χ4n) is 3.03. The van der Waals surface area contributed by atoms with E-state index in [9.17, 15) is 14.4 Å². The smallest absolute Gasteiger partial charge is 0.290 e. The molecule has 0 atom stereocenters. The average Bonchev–Trinajstić information content (AvgIpc) is 3.04. The van der Waals surface area contributed by atoms with Gasteiger partial charge in [0.2, 0.25) is 0 Å². The van der Waals surface area contributed by atoms with Gasteiger partial charge in [-0.25, -0.2) is 4.98 Å². The van der Waals surface area contributed by atoms with Crippen LogP contribution < -0.4 is 15.6 Å². The summed E-state index contributed by atoms with van der Waals surface area (Å²) in [6, 6.07) is 14.4. The molecule has 0 unspecified atom stereocenters. The molecular weight excluding hydrogens is 390 g/mol. The minimum atomic E-state index is -0.389. The molecule has 0 saturated carbocycles. The number of imide groups is 1. The number of hydrogen-bond acceptors (Lipinski definition) is 6. The third-order valence-electron chi connectivity index (χ3n) is 4.44. The van der Waals surface area contributed by atoms with Crippen LogP contribution in [0.5, 0.6) is 5.75 Å². The topological polar surface area (TPSA) is 90.3 Å². The molecule has 2 amide bonds. The first-order valence-electron chi connectivity index (χ1n) is 9.01. The Morgan fingerprint density at radius 2 is 1.86 bits per heavy atom. The molecule has 1 N–H and O–H groups in total. The van der Waals surface area contributed by atoms with Crippen molar-refractivity contribution in [3.63, 3.8) is 0 Å². The summed E-state index contributed by atoms with van der Waals surface area (Å²) in [7, 11) is 0. The summed E-state index contributed by atoms with van der Waals surface area (Å²) in [5, 5.41) is 2.44. The van der Waals surface area contributed by atoms with E-state index in [4.69, 9.17) is 4.74 Å². The predicted octanol–water partition coefficient (Wildman–Crippen LogP) is 3.32. The SMILES string of the molecule is CCn1c(COc2ccc(C=C3SC(=O)NC3=O)cc2)nc2ccccc2c1=O. The van der Waals surface area contributed by atoms with E-state index in [0.29, 0.717) is 33.9 Å². The van der Waals surface area contributed by atoms with Crippen LogP contribution in [0.25, 0.3) is 17.0 Å². The van der Waals surface area contributed by atoms with Crippen LogP contribution in [0, 0.1) is 0 Å². The van der Waals surface area contributed by atoms with Crippen molar-refractivity contribution in [2.24, 2.45) is 0 Å². The van der Waals surface area contributed by atoms with E-state index in [1.54, 1.807) is 41.0 Å². The largest absolute Gasteiger partial charge is 0.486 e. The molecule has 7 nitrogen and oxygen atoms in total. The molecular formula is C21H17N3O4S. The second-order valence-electron chi connectivity index (χ2n) is 6.30. The average molecular weight is 407 g/mol. The number of nitrogens with zero attached hydrogens (tertiary/aromatic N) is 2. The molecule has 0 aliphatic carbocycles. The minimum Gasteiger partial charge on any atom is -0.486 e. The van der Waals surface area contributed by atoms with Crippen LogP contribution in [0.3, 0.4) is 0 Å². The molecule has 3 aromatic rings. The van der Waals surface area contributed by atoms with Gasteiger partial charge in [0, 0.05) is 6.54 Å². The number of ether oxygens (including phenoxy) is 1. The summed E-state index contributed by atoms with van der Waals surface area (Å²) in [6.07, 6.45) is 1.65. The van der Waals surface area contributed by atoms with E-state index < -0.39 is 0 Å². The van der Waals surface area contributed by atoms with E-state index in [2.05, 4.69) is 10.3 Å². The number of hydrogen-bond donors (Lipinski definition) is 1. The number of amides is 2. The third-order valence-corrected chi connectivity index (χ3v) is 5.26. The number of nitrogens with one attached hydrogen (secondary N) is 1. The number of aromatic nitrogens is 2. The predicted molar refractivity (Wildman–Crippen MR) is 112 cm³/mol. The van der Waals surface area contributed by atoms with Crippen LogP contribution in [0.1, 0.15) is 18.3 Å². The number of benzene rings is 2. The lowest BCUT2D eigenvalue weighted by Crippen LogP contribution is -2.25. The van der Waals surface area contributed by atoms with Gasteiger partial charge in [0.05, 0.1) is 15.8 Å². The van der Waals surface area contributed by atoms with Gasteiger partial charge in [-0.2, -0.15) is 0 Å². The third kappa shape index (κ3) is 3.93. The van der Waals surface area contributed by atoms with Crippen LogP contribution >= 0.6 is 11.8 Å². The summed E-state index contributed by atoms with van der Waals surface area (Å²) < 4.78 is 7.43. The van der Waals surface area contributed by atoms with Crippen molar-refractivity contribution in [3.8, 4) is 5.75 Å². The Bertz CT molecular complexity index is 1200. The van der Waals surface area contributed by atoms with Gasteiger partial charge >= 0.3 is 0 Å². The molecule has 2 heterocycles. The fourth-order valence-corrected chi connectivity index (χ4v) is 3.71. The highest BCUT2D eigenvalue weighted by Gasteiger charge is 2.24. The van der Waals surface area contributed by atoms with Gasteiger partial charge in [-0.15, -0.1) is 0 Å². The van der Waals surface area contributed by atoms with Gasteiger partial charge in [0.25, 0.3) is 16.7 Å². The van der Waals surface area contributed by atoms with Crippen molar-refractivity contribution in [1.82, 2.24) is 14.9 Å². The summed E-state index contributed by atoms with van der Waals surface area (Å²) in [5.74, 6) is 0.775. The lowest BCUT2D eigenvalue weighted by molar-refractivity contribution is -0.115. The van der Waals surface area contributed by atoms with Gasteiger partial charge in [-0.05, 0) is 54.6 Å². The second-order valence-corrected chi connectivity index (χ2v) is 7.32. The molecule has 1 aliphatic heterocycles. The van der Waals surface area contributed by atoms with E-state index in [1.807, 2.05) is 25.1 Å². The Kier molecular flexibility index (Phi) is 5.18. The number of para-hydroxylation sites is 1. The normalized spacial score (nSPS) is 15.1. The molecule has 1 aliphatic rings. The molecule has 1 fully saturated rings. The first kappa shape index (κ1) is 18.9. The molecule has 2 aromatic carbocycles. The van der Waals surface area contributed by atoms with Crippen molar-refractivity contribution in [2.75, 3.05) is 0 Å². The van der Waals surface area contributed by atoms with Crippen molar-refractivity contribution in [1.29, 1.82) is 0 Å². The van der Waals surface area contributed by atoms with Crippen molar-refractivity contribution < 1.29 is 14.3 Å². The monoisotopic (exact) mass is 407 g/mol. The Morgan fingerprint density at radius 1 is 1.10 bits per heavy atom. The highest BCUT2D eigenvalue weighted by atomic mass is 32.2. The number of carbonyl (C=O) groups is 2. The molecule has 0 radical (unpaired) electrons. The first-order chi connectivity index (χ1) is 14.0. The van der Waals surface area contributed by atoms with Gasteiger partial charge in [-0.3, -0.25) is 24.3 Å². The molecule has 0 spiro atoms. The maximum atomic E-state index is 12.7. The van der Waals surface area contributed by atoms with E-state index in [-0.39, 0.29) is 23.3 Å². The summed E-state index contributed by atoms with van der Waals surface area (Å²) in [6.45, 7) is 2.55. The Balaban J connectivity index is 1.52. The van der Waals surface area contributed by atoms with Crippen LogP contribution in [-0.2, 0) is 17.9 Å². The van der Waals surface area contributed by atoms with Gasteiger partial charge in [0.1, 0.15) is 18.2 Å². The lowest BCUT2D eigenvalue weighted by Gasteiger charge is -2.13. The minimum absolute atomic E-state index is 0.0828. The van der Waals surface area contributed by atoms with Crippen molar-refractivity contribution >= 4 is 39.9 Å². The zero-order valence-corrected chi connectivity index (χ0v) is 16.4. The second kappa shape index (κ2) is 7.92. The van der Waals surface area contributed by atoms with Gasteiger partial charge in [-0.1, -0.05) is 24.3 Å². The quantitative estimate of drug-likeness (QED) is 0.653. The highest BCUT2D eigenvalue weighted by Crippen LogP contribution is 2.26. The van der Waals surface area contributed by atoms with E-state index in [1.165, 1.54) is 0 Å². The Hall–Kier alpha value is -3.39. The number of rotatable bonds is 5. The first-order valence-corrected chi connectivity index (χ1v) is 9.83. The summed E-state index contributed by atoms with van der Waals surface area (Å²) in [4.78, 5) is 40.4. The van der Waals surface area contributed by atoms with Gasteiger partial charge in [0.15, 0.2) is 0 Å². The van der Waals surface area contributed by atoms with Crippen LogP contribution in [-0.4, -0.2) is 20.7 Å². The maximum absolute atomic E-state index is 12.7. The molecule has 1 aromatic heterocycles. The van der Waals surface area contributed by atoms with Crippen LogP contribution in [0.2, 0.25) is 0 Å². The summed E-state index contributed by atoms with van der Waals surface area (Å²) in [5.41, 5.74) is 1.34. The molecule has 146 valence electrons.